The lowest BCUT2D eigenvalue weighted by Crippen LogP contribution is -2.47. The molecule has 2 rings (SSSR count). The van der Waals surface area contributed by atoms with E-state index in [0.717, 1.165) is 5.56 Å². The molecular weight excluding hydrogens is 322 g/mol. The van der Waals surface area contributed by atoms with E-state index in [1.165, 1.54) is 0 Å². The quantitative estimate of drug-likeness (QED) is 0.682. The Balaban J connectivity index is 1.67. The first-order chi connectivity index (χ1) is 12.1. The van der Waals surface area contributed by atoms with Crippen molar-refractivity contribution in [2.75, 3.05) is 13.2 Å². The Bertz CT molecular complexity index is 747. The average molecular weight is 341 g/mol. The molecule has 2 aromatic rings. The molecule has 0 heterocycles. The lowest BCUT2D eigenvalue weighted by Gasteiger charge is -2.10. The van der Waals surface area contributed by atoms with Gasteiger partial charge in [0.1, 0.15) is 5.75 Å². The zero-order valence-corrected chi connectivity index (χ0v) is 13.7. The number of amides is 3. The summed E-state index contributed by atoms with van der Waals surface area (Å²) in [6.07, 6.45) is 0. The van der Waals surface area contributed by atoms with Gasteiger partial charge < -0.3 is 10.1 Å². The molecule has 0 bridgehead atoms. The summed E-state index contributed by atoms with van der Waals surface area (Å²) in [7, 11) is 0. The van der Waals surface area contributed by atoms with Crippen LogP contribution in [-0.2, 0) is 9.59 Å². The van der Waals surface area contributed by atoms with Crippen molar-refractivity contribution < 1.29 is 19.1 Å². The molecule has 0 aliphatic rings. The van der Waals surface area contributed by atoms with Gasteiger partial charge in [-0.3, -0.25) is 25.2 Å². The second kappa shape index (κ2) is 9.07. The Hall–Kier alpha value is -3.35. The molecule has 0 unspecified atom stereocenters. The molecule has 0 aliphatic carbocycles. The predicted molar refractivity (Wildman–Crippen MR) is 91.7 cm³/mol. The van der Waals surface area contributed by atoms with E-state index >= 15 is 0 Å². The lowest BCUT2D eigenvalue weighted by molar-refractivity contribution is -0.127. The van der Waals surface area contributed by atoms with Crippen LogP contribution in [0.2, 0.25) is 0 Å². The molecule has 7 nitrogen and oxygen atoms in total. The van der Waals surface area contributed by atoms with Gasteiger partial charge in [0.05, 0.1) is 6.54 Å². The Morgan fingerprint density at radius 3 is 2.28 bits per heavy atom. The second-order valence-corrected chi connectivity index (χ2v) is 5.20. The monoisotopic (exact) mass is 341 g/mol. The van der Waals surface area contributed by atoms with Crippen molar-refractivity contribution in [1.82, 2.24) is 16.2 Å². The van der Waals surface area contributed by atoms with Crippen molar-refractivity contribution in [1.29, 1.82) is 0 Å². The van der Waals surface area contributed by atoms with Gasteiger partial charge in [-0.15, -0.1) is 0 Å². The summed E-state index contributed by atoms with van der Waals surface area (Å²) in [4.78, 5) is 35.2. The van der Waals surface area contributed by atoms with E-state index in [1.54, 1.807) is 49.4 Å². The maximum Gasteiger partial charge on any atom is 0.269 e. The SMILES string of the molecule is Cc1ccccc1C(=O)NNC(=O)CNC(=O)COc1ccccc1. The molecular formula is C18H19N3O4. The fraction of sp³-hybridized carbons (Fsp3) is 0.167. The van der Waals surface area contributed by atoms with Crippen molar-refractivity contribution in [3.63, 3.8) is 0 Å². The number of nitrogens with one attached hydrogen (secondary N) is 3. The summed E-state index contributed by atoms with van der Waals surface area (Å²) in [5.74, 6) is -0.850. The van der Waals surface area contributed by atoms with Crippen molar-refractivity contribution in [2.24, 2.45) is 0 Å². The molecule has 130 valence electrons. The molecule has 0 aliphatic heterocycles. The van der Waals surface area contributed by atoms with E-state index in [4.69, 9.17) is 4.74 Å². The van der Waals surface area contributed by atoms with Crippen LogP contribution in [0.4, 0.5) is 0 Å². The summed E-state index contributed by atoms with van der Waals surface area (Å²) in [6, 6.07) is 15.9. The van der Waals surface area contributed by atoms with Crippen LogP contribution >= 0.6 is 0 Å². The molecule has 25 heavy (non-hydrogen) atoms. The first kappa shape index (κ1) is 18.0. The first-order valence-electron chi connectivity index (χ1n) is 7.65. The van der Waals surface area contributed by atoms with E-state index in [1.807, 2.05) is 12.1 Å². The number of rotatable bonds is 6. The Labute approximate surface area is 145 Å². The number of hydrogen-bond donors (Lipinski definition) is 3. The number of aryl methyl sites for hydroxylation is 1. The average Bonchev–Trinajstić information content (AvgIpc) is 2.64. The van der Waals surface area contributed by atoms with E-state index in [0.29, 0.717) is 11.3 Å². The van der Waals surface area contributed by atoms with Gasteiger partial charge in [0.2, 0.25) is 0 Å². The highest BCUT2D eigenvalue weighted by Gasteiger charge is 2.10. The number of carbonyl (C=O) groups is 3. The minimum atomic E-state index is -0.546. The zero-order chi connectivity index (χ0) is 18.1. The van der Waals surface area contributed by atoms with Crippen LogP contribution in [0.25, 0.3) is 0 Å². The summed E-state index contributed by atoms with van der Waals surface area (Å²) >= 11 is 0. The molecule has 0 aromatic heterocycles. The molecule has 0 radical (unpaired) electrons. The van der Waals surface area contributed by atoms with E-state index in [2.05, 4.69) is 16.2 Å². The maximum absolute atomic E-state index is 11.9. The number of hydrazine groups is 1. The van der Waals surface area contributed by atoms with Crippen molar-refractivity contribution >= 4 is 17.7 Å². The number of hydrogen-bond acceptors (Lipinski definition) is 4. The molecule has 0 saturated heterocycles. The van der Waals surface area contributed by atoms with Gasteiger partial charge >= 0.3 is 0 Å². The van der Waals surface area contributed by atoms with Crippen molar-refractivity contribution in [3.8, 4) is 5.75 Å². The summed E-state index contributed by atoms with van der Waals surface area (Å²) in [6.45, 7) is 1.32. The van der Waals surface area contributed by atoms with Crippen LogP contribution in [0, 0.1) is 6.92 Å². The molecule has 0 saturated carbocycles. The van der Waals surface area contributed by atoms with Crippen LogP contribution in [0.15, 0.2) is 54.6 Å². The topological polar surface area (TPSA) is 96.5 Å². The van der Waals surface area contributed by atoms with Gasteiger partial charge in [-0.25, -0.2) is 0 Å². The van der Waals surface area contributed by atoms with Crippen LogP contribution in [-0.4, -0.2) is 30.9 Å². The maximum atomic E-state index is 11.9. The van der Waals surface area contributed by atoms with Crippen molar-refractivity contribution in [2.45, 2.75) is 6.92 Å². The Morgan fingerprint density at radius 1 is 0.880 bits per heavy atom. The minimum Gasteiger partial charge on any atom is -0.484 e. The fourth-order valence-electron chi connectivity index (χ4n) is 1.96. The number of para-hydroxylation sites is 1. The van der Waals surface area contributed by atoms with E-state index in [9.17, 15) is 14.4 Å². The van der Waals surface area contributed by atoms with Gasteiger partial charge in [0.15, 0.2) is 6.61 Å². The normalized spacial score (nSPS) is 9.80. The van der Waals surface area contributed by atoms with Gasteiger partial charge in [-0.1, -0.05) is 36.4 Å². The minimum absolute atomic E-state index is 0.202. The van der Waals surface area contributed by atoms with Crippen LogP contribution in [0.5, 0.6) is 5.75 Å². The highest BCUT2D eigenvalue weighted by molar-refractivity contribution is 5.97. The van der Waals surface area contributed by atoms with Gasteiger partial charge in [0, 0.05) is 5.56 Å². The van der Waals surface area contributed by atoms with Crippen LogP contribution in [0.1, 0.15) is 15.9 Å². The third kappa shape index (κ3) is 5.98. The highest BCUT2D eigenvalue weighted by atomic mass is 16.5. The summed E-state index contributed by atoms with van der Waals surface area (Å²) < 4.78 is 5.26. The molecule has 3 amide bonds. The van der Waals surface area contributed by atoms with E-state index < -0.39 is 17.7 Å². The molecule has 3 N–H and O–H groups in total. The Morgan fingerprint density at radius 2 is 1.56 bits per heavy atom. The molecule has 7 heteroatoms. The first-order valence-corrected chi connectivity index (χ1v) is 7.65. The smallest absolute Gasteiger partial charge is 0.269 e. The molecule has 2 aromatic carbocycles. The molecule has 0 atom stereocenters. The number of carbonyl (C=O) groups excluding carboxylic acids is 3. The lowest BCUT2D eigenvalue weighted by atomic mass is 10.1. The fourth-order valence-corrected chi connectivity index (χ4v) is 1.96. The molecule has 0 fully saturated rings. The van der Waals surface area contributed by atoms with Crippen LogP contribution < -0.4 is 20.9 Å². The van der Waals surface area contributed by atoms with Gasteiger partial charge in [-0.05, 0) is 30.7 Å². The number of ether oxygens (including phenoxy) is 1. The zero-order valence-electron chi connectivity index (χ0n) is 13.7. The molecule has 0 spiro atoms. The highest BCUT2D eigenvalue weighted by Crippen LogP contribution is 2.07. The second-order valence-electron chi connectivity index (χ2n) is 5.20. The summed E-state index contributed by atoms with van der Waals surface area (Å²) in [5.41, 5.74) is 5.80. The van der Waals surface area contributed by atoms with Gasteiger partial charge in [-0.2, -0.15) is 0 Å². The predicted octanol–water partition coefficient (Wildman–Crippen LogP) is 0.951. The Kier molecular flexibility index (Phi) is 6.53. The summed E-state index contributed by atoms with van der Waals surface area (Å²) in [5, 5.41) is 2.40. The van der Waals surface area contributed by atoms with Crippen LogP contribution in [0.3, 0.4) is 0 Å². The van der Waals surface area contributed by atoms with Crippen molar-refractivity contribution in [3.05, 3.63) is 65.7 Å². The third-order valence-electron chi connectivity index (χ3n) is 3.26. The standard InChI is InChI=1S/C18H19N3O4/c1-13-7-5-6-10-15(13)18(24)21-20-16(22)11-19-17(23)12-25-14-8-3-2-4-9-14/h2-10H,11-12H2,1H3,(H,19,23)(H,20,22)(H,21,24). The number of benzene rings is 2. The third-order valence-corrected chi connectivity index (χ3v) is 3.26. The van der Waals surface area contributed by atoms with Gasteiger partial charge in [0.25, 0.3) is 17.7 Å². The van der Waals surface area contributed by atoms with E-state index in [-0.39, 0.29) is 13.2 Å². The largest absolute Gasteiger partial charge is 0.484 e.